The Bertz CT molecular complexity index is 625. The molecule has 0 aliphatic heterocycles. The largest absolute Gasteiger partial charge is 0.377 e. The zero-order valence-electron chi connectivity index (χ0n) is 10.1. The second-order valence-electron chi connectivity index (χ2n) is 4.67. The molecule has 1 nitrogen and oxygen atoms in total. The standard InChI is InChI=1S/C15H12Br3N/c16-9-4-6-15(13(18)8-9)19-14-7-5-10-11(14)2-1-3-12(10)17/h1-4,6,8,14,19H,5,7H2. The van der Waals surface area contributed by atoms with Crippen molar-refractivity contribution in [3.05, 3.63) is 60.9 Å². The minimum atomic E-state index is 0.393. The number of hydrogen-bond acceptors (Lipinski definition) is 1. The minimum absolute atomic E-state index is 0.393. The molecule has 1 atom stereocenters. The Hall–Kier alpha value is -0.320. The molecule has 0 spiro atoms. The highest BCUT2D eigenvalue weighted by atomic mass is 79.9. The lowest BCUT2D eigenvalue weighted by Crippen LogP contribution is -2.07. The predicted octanol–water partition coefficient (Wildman–Crippen LogP) is 6.07. The first-order chi connectivity index (χ1) is 9.15. The Balaban J connectivity index is 1.89. The summed E-state index contributed by atoms with van der Waals surface area (Å²) in [6.45, 7) is 0. The summed E-state index contributed by atoms with van der Waals surface area (Å²) in [5.74, 6) is 0. The van der Waals surface area contributed by atoms with Gasteiger partial charge in [-0.05, 0) is 64.2 Å². The number of halogens is 3. The summed E-state index contributed by atoms with van der Waals surface area (Å²) in [6.07, 6.45) is 2.27. The van der Waals surface area contributed by atoms with Crippen molar-refractivity contribution in [3.8, 4) is 0 Å². The van der Waals surface area contributed by atoms with Gasteiger partial charge >= 0.3 is 0 Å². The second kappa shape index (κ2) is 5.58. The van der Waals surface area contributed by atoms with Crippen LogP contribution in [-0.4, -0.2) is 0 Å². The van der Waals surface area contributed by atoms with Crippen molar-refractivity contribution >= 4 is 53.5 Å². The molecule has 0 heterocycles. The second-order valence-corrected chi connectivity index (χ2v) is 7.29. The van der Waals surface area contributed by atoms with Gasteiger partial charge in [-0.15, -0.1) is 0 Å². The molecule has 1 aliphatic carbocycles. The monoisotopic (exact) mass is 443 g/mol. The highest BCUT2D eigenvalue weighted by molar-refractivity contribution is 9.11. The maximum atomic E-state index is 3.64. The molecular formula is C15H12Br3N. The topological polar surface area (TPSA) is 12.0 Å². The van der Waals surface area contributed by atoms with Crippen LogP contribution >= 0.6 is 47.8 Å². The smallest absolute Gasteiger partial charge is 0.0520 e. The van der Waals surface area contributed by atoms with E-state index in [1.54, 1.807) is 0 Å². The van der Waals surface area contributed by atoms with E-state index in [-0.39, 0.29) is 0 Å². The number of fused-ring (bicyclic) bond motifs is 1. The maximum Gasteiger partial charge on any atom is 0.0520 e. The van der Waals surface area contributed by atoms with Crippen molar-refractivity contribution in [1.29, 1.82) is 0 Å². The first kappa shape index (κ1) is 13.7. The van der Waals surface area contributed by atoms with E-state index in [4.69, 9.17) is 0 Å². The molecule has 1 N–H and O–H groups in total. The van der Waals surface area contributed by atoms with Gasteiger partial charge in [-0.1, -0.05) is 44.0 Å². The average Bonchev–Trinajstić information content (AvgIpc) is 2.78. The molecule has 0 fully saturated rings. The fraction of sp³-hybridized carbons (Fsp3) is 0.200. The van der Waals surface area contributed by atoms with Gasteiger partial charge in [-0.3, -0.25) is 0 Å². The van der Waals surface area contributed by atoms with Gasteiger partial charge < -0.3 is 5.32 Å². The van der Waals surface area contributed by atoms with E-state index in [1.165, 1.54) is 15.6 Å². The number of rotatable bonds is 2. The van der Waals surface area contributed by atoms with E-state index in [9.17, 15) is 0 Å². The minimum Gasteiger partial charge on any atom is -0.377 e. The van der Waals surface area contributed by atoms with Crippen LogP contribution in [0.3, 0.4) is 0 Å². The van der Waals surface area contributed by atoms with Crippen LogP contribution in [0.25, 0.3) is 0 Å². The Morgan fingerprint density at radius 1 is 1.00 bits per heavy atom. The average molecular weight is 446 g/mol. The lowest BCUT2D eigenvalue weighted by Gasteiger charge is -2.17. The summed E-state index contributed by atoms with van der Waals surface area (Å²) >= 11 is 10.7. The molecule has 0 radical (unpaired) electrons. The lowest BCUT2D eigenvalue weighted by atomic mass is 10.1. The van der Waals surface area contributed by atoms with Crippen LogP contribution in [0.1, 0.15) is 23.6 Å². The van der Waals surface area contributed by atoms with Crippen LogP contribution in [0.15, 0.2) is 49.8 Å². The van der Waals surface area contributed by atoms with E-state index >= 15 is 0 Å². The van der Waals surface area contributed by atoms with Crippen LogP contribution in [0, 0.1) is 0 Å². The Labute approximate surface area is 138 Å². The van der Waals surface area contributed by atoms with E-state index in [2.05, 4.69) is 89.5 Å². The van der Waals surface area contributed by atoms with Gasteiger partial charge in [-0.2, -0.15) is 0 Å². The molecular weight excluding hydrogens is 434 g/mol. The van der Waals surface area contributed by atoms with Gasteiger partial charge in [0.05, 0.1) is 6.04 Å². The SMILES string of the molecule is Brc1ccc(NC2CCc3c(Br)cccc32)c(Br)c1. The van der Waals surface area contributed by atoms with E-state index in [0.29, 0.717) is 6.04 Å². The first-order valence-electron chi connectivity index (χ1n) is 6.14. The number of nitrogens with one attached hydrogen (secondary N) is 1. The predicted molar refractivity (Wildman–Crippen MR) is 90.7 cm³/mol. The number of benzene rings is 2. The maximum absolute atomic E-state index is 3.64. The molecule has 0 bridgehead atoms. The molecule has 19 heavy (non-hydrogen) atoms. The Morgan fingerprint density at radius 3 is 2.63 bits per heavy atom. The van der Waals surface area contributed by atoms with Crippen LogP contribution in [0.2, 0.25) is 0 Å². The fourth-order valence-electron chi connectivity index (χ4n) is 2.55. The molecule has 2 aromatic rings. The molecule has 3 rings (SSSR count). The Kier molecular flexibility index (Phi) is 4.01. The highest BCUT2D eigenvalue weighted by Gasteiger charge is 2.24. The quantitative estimate of drug-likeness (QED) is 0.591. The molecule has 4 heteroatoms. The number of anilines is 1. The third-order valence-electron chi connectivity index (χ3n) is 3.47. The van der Waals surface area contributed by atoms with Gasteiger partial charge in [0.15, 0.2) is 0 Å². The van der Waals surface area contributed by atoms with E-state index in [1.807, 2.05) is 0 Å². The summed E-state index contributed by atoms with van der Waals surface area (Å²) < 4.78 is 3.40. The molecule has 0 aromatic heterocycles. The highest BCUT2D eigenvalue weighted by Crippen LogP contribution is 2.39. The Morgan fingerprint density at radius 2 is 1.84 bits per heavy atom. The van der Waals surface area contributed by atoms with Crippen molar-refractivity contribution in [2.45, 2.75) is 18.9 Å². The summed E-state index contributed by atoms with van der Waals surface area (Å²) in [7, 11) is 0. The molecule has 98 valence electrons. The van der Waals surface area contributed by atoms with Crippen LogP contribution in [-0.2, 0) is 6.42 Å². The zero-order valence-corrected chi connectivity index (χ0v) is 14.8. The van der Waals surface area contributed by atoms with Crippen molar-refractivity contribution in [3.63, 3.8) is 0 Å². The van der Waals surface area contributed by atoms with Crippen molar-refractivity contribution in [1.82, 2.24) is 0 Å². The van der Waals surface area contributed by atoms with Gasteiger partial charge in [0, 0.05) is 19.1 Å². The van der Waals surface area contributed by atoms with Crippen molar-refractivity contribution in [2.75, 3.05) is 5.32 Å². The fourth-order valence-corrected chi connectivity index (χ4v) is 4.30. The third kappa shape index (κ3) is 2.76. The van der Waals surface area contributed by atoms with Crippen LogP contribution in [0.4, 0.5) is 5.69 Å². The van der Waals surface area contributed by atoms with Crippen LogP contribution < -0.4 is 5.32 Å². The summed E-state index contributed by atoms with van der Waals surface area (Å²) in [4.78, 5) is 0. The first-order valence-corrected chi connectivity index (χ1v) is 8.52. The molecule has 0 amide bonds. The van der Waals surface area contributed by atoms with Gasteiger partial charge in [0.2, 0.25) is 0 Å². The lowest BCUT2D eigenvalue weighted by molar-refractivity contribution is 0.761. The molecule has 2 aromatic carbocycles. The van der Waals surface area contributed by atoms with Gasteiger partial charge in [-0.25, -0.2) is 0 Å². The van der Waals surface area contributed by atoms with E-state index < -0.39 is 0 Å². The third-order valence-corrected chi connectivity index (χ3v) is 5.37. The van der Waals surface area contributed by atoms with Crippen molar-refractivity contribution < 1.29 is 0 Å². The van der Waals surface area contributed by atoms with E-state index in [0.717, 1.165) is 27.5 Å². The van der Waals surface area contributed by atoms with Crippen LogP contribution in [0.5, 0.6) is 0 Å². The number of hydrogen-bond donors (Lipinski definition) is 1. The normalized spacial score (nSPS) is 17.3. The molecule has 1 aliphatic rings. The zero-order chi connectivity index (χ0) is 13.4. The molecule has 1 unspecified atom stereocenters. The molecule has 0 saturated heterocycles. The van der Waals surface area contributed by atoms with Gasteiger partial charge in [0.25, 0.3) is 0 Å². The summed E-state index contributed by atoms with van der Waals surface area (Å²) in [6, 6.07) is 13.1. The summed E-state index contributed by atoms with van der Waals surface area (Å²) in [5, 5.41) is 3.63. The van der Waals surface area contributed by atoms with Gasteiger partial charge in [0.1, 0.15) is 0 Å². The molecule has 0 saturated carbocycles. The van der Waals surface area contributed by atoms with Crippen molar-refractivity contribution in [2.24, 2.45) is 0 Å². The summed E-state index contributed by atoms with van der Waals surface area (Å²) in [5.41, 5.74) is 3.98.